The molecule has 3 amide bonds. The Labute approximate surface area is 159 Å². The second-order valence-corrected chi connectivity index (χ2v) is 6.59. The van der Waals surface area contributed by atoms with E-state index in [1.165, 1.54) is 6.92 Å². The van der Waals surface area contributed by atoms with Crippen LogP contribution >= 0.6 is 11.6 Å². The van der Waals surface area contributed by atoms with Gasteiger partial charge in [0, 0.05) is 17.6 Å². The fraction of sp³-hybridized carbons (Fsp3) is 0.300. The third-order valence-corrected chi connectivity index (χ3v) is 4.29. The van der Waals surface area contributed by atoms with Crippen molar-refractivity contribution in [3.8, 4) is 0 Å². The highest BCUT2D eigenvalue weighted by atomic mass is 35.5. The normalized spacial score (nSPS) is 12.8. The Morgan fingerprint density at radius 1 is 1.04 bits per heavy atom. The van der Waals surface area contributed by atoms with E-state index in [-0.39, 0.29) is 24.0 Å². The quantitative estimate of drug-likeness (QED) is 0.680. The number of halogens is 1. The zero-order chi connectivity index (χ0) is 19.1. The summed E-state index contributed by atoms with van der Waals surface area (Å²) < 4.78 is 0. The van der Waals surface area contributed by atoms with Crippen LogP contribution in [0.3, 0.4) is 0 Å². The topological polar surface area (TPSA) is 70.2 Å². The Morgan fingerprint density at radius 3 is 2.35 bits per heavy atom. The fourth-order valence-electron chi connectivity index (χ4n) is 2.69. The molecule has 6 heteroatoms. The number of carbonyl (C=O) groups excluding carboxylic acids is 2. The van der Waals surface area contributed by atoms with Crippen molar-refractivity contribution in [2.24, 2.45) is 0 Å². The van der Waals surface area contributed by atoms with Crippen LogP contribution in [0.15, 0.2) is 48.5 Å². The van der Waals surface area contributed by atoms with Gasteiger partial charge >= 0.3 is 6.03 Å². The molecule has 0 aliphatic rings. The van der Waals surface area contributed by atoms with Crippen molar-refractivity contribution in [3.05, 3.63) is 64.7 Å². The number of urea groups is 1. The minimum absolute atomic E-state index is 0.0924. The molecule has 0 spiro atoms. The molecule has 26 heavy (non-hydrogen) atoms. The summed E-state index contributed by atoms with van der Waals surface area (Å²) in [7, 11) is 0. The summed E-state index contributed by atoms with van der Waals surface area (Å²) in [6.07, 6.45) is 0.765. The van der Waals surface area contributed by atoms with Crippen LogP contribution in [0.2, 0.25) is 5.02 Å². The maximum Gasteiger partial charge on any atom is 0.315 e. The number of hydrogen-bond acceptors (Lipinski definition) is 2. The van der Waals surface area contributed by atoms with E-state index in [2.05, 4.69) is 16.0 Å². The molecule has 138 valence electrons. The van der Waals surface area contributed by atoms with Crippen LogP contribution in [-0.4, -0.2) is 11.9 Å². The predicted octanol–water partition coefficient (Wildman–Crippen LogP) is 4.81. The maximum atomic E-state index is 12.4. The van der Waals surface area contributed by atoms with E-state index < -0.39 is 0 Å². The van der Waals surface area contributed by atoms with E-state index in [9.17, 15) is 9.59 Å². The molecule has 2 unspecified atom stereocenters. The van der Waals surface area contributed by atoms with Gasteiger partial charge in [-0.25, -0.2) is 4.79 Å². The SMILES string of the molecule is CCC(NC(=O)NC(C)c1cccc(NC(C)=O)c1)c1ccc(Cl)cc1. The highest BCUT2D eigenvalue weighted by molar-refractivity contribution is 6.30. The molecule has 0 fully saturated rings. The fourth-order valence-corrected chi connectivity index (χ4v) is 2.81. The van der Waals surface area contributed by atoms with E-state index in [4.69, 9.17) is 11.6 Å². The molecular formula is C20H24ClN3O2. The Balaban J connectivity index is 1.99. The van der Waals surface area contributed by atoms with Gasteiger partial charge in [-0.05, 0) is 48.7 Å². The van der Waals surface area contributed by atoms with Gasteiger partial charge in [-0.3, -0.25) is 4.79 Å². The predicted molar refractivity (Wildman–Crippen MR) is 105 cm³/mol. The lowest BCUT2D eigenvalue weighted by Gasteiger charge is -2.21. The van der Waals surface area contributed by atoms with Crippen molar-refractivity contribution in [1.82, 2.24) is 10.6 Å². The van der Waals surface area contributed by atoms with Crippen LogP contribution in [0.4, 0.5) is 10.5 Å². The molecule has 5 nitrogen and oxygen atoms in total. The molecule has 0 heterocycles. The highest BCUT2D eigenvalue weighted by Gasteiger charge is 2.15. The minimum Gasteiger partial charge on any atom is -0.332 e. The van der Waals surface area contributed by atoms with Crippen LogP contribution in [-0.2, 0) is 4.79 Å². The largest absolute Gasteiger partial charge is 0.332 e. The van der Waals surface area contributed by atoms with Crippen molar-refractivity contribution < 1.29 is 9.59 Å². The van der Waals surface area contributed by atoms with Gasteiger partial charge in [0.2, 0.25) is 5.91 Å². The number of carbonyl (C=O) groups is 2. The van der Waals surface area contributed by atoms with Gasteiger partial charge in [0.05, 0.1) is 12.1 Å². The van der Waals surface area contributed by atoms with Gasteiger partial charge < -0.3 is 16.0 Å². The number of hydrogen-bond donors (Lipinski definition) is 3. The molecule has 0 aliphatic heterocycles. The molecule has 0 bridgehead atoms. The molecule has 0 radical (unpaired) electrons. The van der Waals surface area contributed by atoms with Crippen LogP contribution in [0.25, 0.3) is 0 Å². The van der Waals surface area contributed by atoms with Crippen molar-refractivity contribution in [1.29, 1.82) is 0 Å². The number of rotatable bonds is 6. The van der Waals surface area contributed by atoms with Gasteiger partial charge in [0.25, 0.3) is 0 Å². The average molecular weight is 374 g/mol. The molecule has 0 saturated heterocycles. The molecule has 0 aromatic heterocycles. The summed E-state index contributed by atoms with van der Waals surface area (Å²) in [6.45, 7) is 5.37. The zero-order valence-corrected chi connectivity index (χ0v) is 15.9. The average Bonchev–Trinajstić information content (AvgIpc) is 2.60. The Morgan fingerprint density at radius 2 is 1.73 bits per heavy atom. The van der Waals surface area contributed by atoms with Crippen LogP contribution in [0, 0.1) is 0 Å². The first kappa shape index (κ1) is 19.8. The van der Waals surface area contributed by atoms with Crippen molar-refractivity contribution in [2.75, 3.05) is 5.32 Å². The number of nitrogens with one attached hydrogen (secondary N) is 3. The molecule has 0 aliphatic carbocycles. The third-order valence-electron chi connectivity index (χ3n) is 4.04. The lowest BCUT2D eigenvalue weighted by atomic mass is 10.0. The maximum absolute atomic E-state index is 12.4. The summed E-state index contributed by atoms with van der Waals surface area (Å²) in [6, 6.07) is 14.3. The first-order valence-electron chi connectivity index (χ1n) is 8.59. The Hall–Kier alpha value is -2.53. The standard InChI is InChI=1S/C20H24ClN3O2/c1-4-19(15-8-10-17(21)11-9-15)24-20(26)22-13(2)16-6-5-7-18(12-16)23-14(3)25/h5-13,19H,4H2,1-3H3,(H,23,25)(H2,22,24,26). The molecule has 2 atom stereocenters. The smallest absolute Gasteiger partial charge is 0.315 e. The Kier molecular flexibility index (Phi) is 7.04. The van der Waals surface area contributed by atoms with E-state index in [0.29, 0.717) is 10.7 Å². The lowest BCUT2D eigenvalue weighted by Crippen LogP contribution is -2.39. The minimum atomic E-state index is -0.246. The first-order valence-corrected chi connectivity index (χ1v) is 8.97. The number of amides is 3. The third kappa shape index (κ3) is 5.77. The van der Waals surface area contributed by atoms with Crippen LogP contribution < -0.4 is 16.0 Å². The zero-order valence-electron chi connectivity index (χ0n) is 15.2. The molecule has 0 saturated carbocycles. The van der Waals surface area contributed by atoms with Crippen molar-refractivity contribution >= 4 is 29.2 Å². The van der Waals surface area contributed by atoms with E-state index in [1.54, 1.807) is 0 Å². The van der Waals surface area contributed by atoms with Crippen molar-refractivity contribution in [3.63, 3.8) is 0 Å². The summed E-state index contributed by atoms with van der Waals surface area (Å²) >= 11 is 5.92. The van der Waals surface area contributed by atoms with Gasteiger partial charge in [-0.15, -0.1) is 0 Å². The molecule has 2 aromatic carbocycles. The van der Waals surface area contributed by atoms with E-state index in [1.807, 2.05) is 62.4 Å². The molecule has 3 N–H and O–H groups in total. The van der Waals surface area contributed by atoms with Gasteiger partial charge in [0.1, 0.15) is 0 Å². The monoisotopic (exact) mass is 373 g/mol. The summed E-state index contributed by atoms with van der Waals surface area (Å²) in [5, 5.41) is 9.33. The summed E-state index contributed by atoms with van der Waals surface area (Å²) in [5.41, 5.74) is 2.62. The van der Waals surface area contributed by atoms with Crippen LogP contribution in [0.5, 0.6) is 0 Å². The summed E-state index contributed by atoms with van der Waals surface area (Å²) in [4.78, 5) is 23.6. The first-order chi connectivity index (χ1) is 12.4. The van der Waals surface area contributed by atoms with Gasteiger partial charge in [-0.2, -0.15) is 0 Å². The Bertz CT molecular complexity index is 762. The number of benzene rings is 2. The van der Waals surface area contributed by atoms with Gasteiger partial charge in [-0.1, -0.05) is 42.8 Å². The van der Waals surface area contributed by atoms with E-state index in [0.717, 1.165) is 17.5 Å². The second kappa shape index (κ2) is 9.25. The molecular weight excluding hydrogens is 350 g/mol. The molecule has 2 rings (SSSR count). The highest BCUT2D eigenvalue weighted by Crippen LogP contribution is 2.20. The van der Waals surface area contributed by atoms with Gasteiger partial charge in [0.15, 0.2) is 0 Å². The molecule has 2 aromatic rings. The second-order valence-electron chi connectivity index (χ2n) is 6.16. The van der Waals surface area contributed by atoms with Crippen LogP contribution in [0.1, 0.15) is 50.4 Å². The summed E-state index contributed by atoms with van der Waals surface area (Å²) in [5.74, 6) is -0.130. The van der Waals surface area contributed by atoms with Crippen molar-refractivity contribution in [2.45, 2.75) is 39.3 Å². The lowest BCUT2D eigenvalue weighted by molar-refractivity contribution is -0.114. The van der Waals surface area contributed by atoms with E-state index >= 15 is 0 Å². The number of anilines is 1.